The van der Waals surface area contributed by atoms with Crippen molar-refractivity contribution in [2.24, 2.45) is 0 Å². The van der Waals surface area contributed by atoms with Gasteiger partial charge in [-0.2, -0.15) is 0 Å². The molecule has 6 nitrogen and oxygen atoms in total. The Morgan fingerprint density at radius 3 is 2.52 bits per heavy atom. The first-order chi connectivity index (χ1) is 14.1. The summed E-state index contributed by atoms with van der Waals surface area (Å²) in [4.78, 5) is 19.5. The monoisotopic (exact) mass is 388 g/mol. The van der Waals surface area contributed by atoms with E-state index in [0.717, 1.165) is 35.6 Å². The summed E-state index contributed by atoms with van der Waals surface area (Å²) in [7, 11) is 0. The van der Waals surface area contributed by atoms with E-state index in [1.165, 1.54) is 0 Å². The summed E-state index contributed by atoms with van der Waals surface area (Å²) in [6.07, 6.45) is 1.67. The minimum absolute atomic E-state index is 0.249. The Hall–Kier alpha value is -3.38. The molecule has 3 N–H and O–H groups in total. The third-order valence-electron chi connectivity index (χ3n) is 5.10. The molecule has 2 aromatic carbocycles. The highest BCUT2D eigenvalue weighted by Gasteiger charge is 2.17. The topological polar surface area (TPSA) is 80.5 Å². The predicted octanol–water partition coefficient (Wildman–Crippen LogP) is 3.73. The Kier molecular flexibility index (Phi) is 5.44. The number of nitrogens with one attached hydrogen (secondary N) is 1. The van der Waals surface area contributed by atoms with Gasteiger partial charge in [0.2, 0.25) is 0 Å². The van der Waals surface area contributed by atoms with E-state index in [4.69, 9.17) is 10.5 Å². The molecule has 6 heteroatoms. The molecule has 1 fully saturated rings. The predicted molar refractivity (Wildman–Crippen MR) is 116 cm³/mol. The van der Waals surface area contributed by atoms with Gasteiger partial charge in [0, 0.05) is 18.7 Å². The zero-order valence-corrected chi connectivity index (χ0v) is 16.4. The summed E-state index contributed by atoms with van der Waals surface area (Å²) >= 11 is 0. The third kappa shape index (κ3) is 4.07. The van der Waals surface area contributed by atoms with E-state index < -0.39 is 0 Å². The van der Waals surface area contributed by atoms with E-state index in [9.17, 15) is 4.79 Å². The van der Waals surface area contributed by atoms with Crippen LogP contribution in [0.1, 0.15) is 15.9 Å². The molecule has 0 atom stereocenters. The van der Waals surface area contributed by atoms with Gasteiger partial charge in [0.15, 0.2) is 0 Å². The van der Waals surface area contributed by atoms with E-state index in [0.29, 0.717) is 30.2 Å². The van der Waals surface area contributed by atoms with Gasteiger partial charge in [-0.05, 0) is 36.2 Å². The van der Waals surface area contributed by atoms with Crippen LogP contribution < -0.4 is 16.0 Å². The van der Waals surface area contributed by atoms with Crippen LogP contribution in [0.25, 0.3) is 11.1 Å². The molecule has 0 bridgehead atoms. The van der Waals surface area contributed by atoms with Crippen molar-refractivity contribution >= 4 is 23.1 Å². The molecule has 0 radical (unpaired) electrons. The van der Waals surface area contributed by atoms with E-state index in [-0.39, 0.29) is 5.91 Å². The van der Waals surface area contributed by atoms with E-state index in [2.05, 4.69) is 15.2 Å². The zero-order valence-electron chi connectivity index (χ0n) is 16.4. The minimum Gasteiger partial charge on any atom is -0.398 e. The molecule has 29 heavy (non-hydrogen) atoms. The summed E-state index contributed by atoms with van der Waals surface area (Å²) in [5, 5.41) is 2.90. The number of amides is 1. The van der Waals surface area contributed by atoms with Crippen LogP contribution in [0.15, 0.2) is 60.8 Å². The van der Waals surface area contributed by atoms with Gasteiger partial charge < -0.3 is 20.7 Å². The molecule has 0 spiro atoms. The quantitative estimate of drug-likeness (QED) is 0.666. The van der Waals surface area contributed by atoms with Crippen LogP contribution in [0, 0.1) is 6.92 Å². The fraction of sp³-hybridized carbons (Fsp3) is 0.217. The lowest BCUT2D eigenvalue weighted by atomic mass is 9.95. The number of aryl methyl sites for hydroxylation is 1. The lowest BCUT2D eigenvalue weighted by Gasteiger charge is -2.27. The van der Waals surface area contributed by atoms with Crippen LogP contribution in [0.2, 0.25) is 0 Å². The maximum Gasteiger partial charge on any atom is 0.257 e. The number of rotatable bonds is 4. The Morgan fingerprint density at radius 1 is 1.07 bits per heavy atom. The fourth-order valence-electron chi connectivity index (χ4n) is 3.55. The maximum atomic E-state index is 12.9. The number of morpholine rings is 1. The molecule has 0 aliphatic carbocycles. The highest BCUT2D eigenvalue weighted by molar-refractivity contribution is 6.10. The molecule has 3 aromatic rings. The second-order valence-electron chi connectivity index (χ2n) is 7.04. The second kappa shape index (κ2) is 8.32. The molecule has 1 saturated heterocycles. The van der Waals surface area contributed by atoms with Crippen LogP contribution >= 0.6 is 0 Å². The molecule has 1 aromatic heterocycles. The van der Waals surface area contributed by atoms with Crippen LogP contribution in [0.5, 0.6) is 0 Å². The number of hydrogen-bond donors (Lipinski definition) is 2. The molecule has 0 saturated carbocycles. The summed E-state index contributed by atoms with van der Waals surface area (Å²) in [5.74, 6) is 0.633. The molecule has 1 amide bonds. The maximum absolute atomic E-state index is 12.9. The number of carbonyl (C=O) groups is 1. The van der Waals surface area contributed by atoms with Gasteiger partial charge in [0.05, 0.1) is 36.3 Å². The van der Waals surface area contributed by atoms with Crippen molar-refractivity contribution in [3.63, 3.8) is 0 Å². The van der Waals surface area contributed by atoms with Crippen molar-refractivity contribution in [2.45, 2.75) is 6.92 Å². The van der Waals surface area contributed by atoms with Gasteiger partial charge in [0.25, 0.3) is 5.91 Å². The number of anilines is 3. The second-order valence-corrected chi connectivity index (χ2v) is 7.04. The van der Waals surface area contributed by atoms with Gasteiger partial charge in [-0.15, -0.1) is 0 Å². The van der Waals surface area contributed by atoms with Crippen molar-refractivity contribution in [1.29, 1.82) is 0 Å². The van der Waals surface area contributed by atoms with Gasteiger partial charge >= 0.3 is 0 Å². The summed E-state index contributed by atoms with van der Waals surface area (Å²) in [6.45, 7) is 5.05. The van der Waals surface area contributed by atoms with Crippen molar-refractivity contribution < 1.29 is 9.53 Å². The SMILES string of the molecule is Cc1ccc(C(=O)Nc2ccc(N3CCOCC3)nc2)c(N)c1-c1ccccc1. The van der Waals surface area contributed by atoms with Crippen molar-refractivity contribution in [3.8, 4) is 11.1 Å². The zero-order chi connectivity index (χ0) is 20.2. The van der Waals surface area contributed by atoms with Crippen LogP contribution in [0.3, 0.4) is 0 Å². The van der Waals surface area contributed by atoms with E-state index in [1.807, 2.05) is 55.5 Å². The summed E-state index contributed by atoms with van der Waals surface area (Å²) in [6, 6.07) is 17.3. The molecule has 2 heterocycles. The Labute approximate surface area is 170 Å². The fourth-order valence-corrected chi connectivity index (χ4v) is 3.55. The molecular weight excluding hydrogens is 364 g/mol. The van der Waals surface area contributed by atoms with Crippen molar-refractivity contribution in [2.75, 3.05) is 42.3 Å². The Morgan fingerprint density at radius 2 is 1.83 bits per heavy atom. The number of aromatic nitrogens is 1. The Balaban J connectivity index is 1.54. The smallest absolute Gasteiger partial charge is 0.257 e. The average Bonchev–Trinajstić information content (AvgIpc) is 2.76. The van der Waals surface area contributed by atoms with Gasteiger partial charge in [-0.1, -0.05) is 36.4 Å². The van der Waals surface area contributed by atoms with Gasteiger partial charge in [-0.25, -0.2) is 4.98 Å². The molecule has 4 rings (SSSR count). The number of pyridine rings is 1. The van der Waals surface area contributed by atoms with E-state index in [1.54, 1.807) is 12.3 Å². The number of ether oxygens (including phenoxy) is 1. The van der Waals surface area contributed by atoms with Crippen LogP contribution in [-0.2, 0) is 4.74 Å². The number of benzene rings is 2. The third-order valence-corrected chi connectivity index (χ3v) is 5.10. The van der Waals surface area contributed by atoms with Gasteiger partial charge in [-0.3, -0.25) is 4.79 Å². The van der Waals surface area contributed by atoms with E-state index >= 15 is 0 Å². The number of nitrogens with two attached hydrogens (primary N) is 1. The molecule has 1 aliphatic rings. The largest absolute Gasteiger partial charge is 0.398 e. The molecular formula is C23H24N4O2. The standard InChI is InChI=1S/C23H24N4O2/c1-16-7-9-19(22(24)21(16)17-5-3-2-4-6-17)23(28)26-18-8-10-20(25-15-18)27-11-13-29-14-12-27/h2-10,15H,11-14,24H2,1H3,(H,26,28). The minimum atomic E-state index is -0.249. The Bertz CT molecular complexity index is 997. The summed E-state index contributed by atoms with van der Waals surface area (Å²) < 4.78 is 5.37. The van der Waals surface area contributed by atoms with Crippen molar-refractivity contribution in [3.05, 3.63) is 71.9 Å². The lowest BCUT2D eigenvalue weighted by Crippen LogP contribution is -2.36. The first-order valence-electron chi connectivity index (χ1n) is 9.68. The highest BCUT2D eigenvalue weighted by Crippen LogP contribution is 2.32. The van der Waals surface area contributed by atoms with Crippen molar-refractivity contribution in [1.82, 2.24) is 4.98 Å². The number of carbonyl (C=O) groups excluding carboxylic acids is 1. The van der Waals surface area contributed by atoms with Crippen LogP contribution in [0.4, 0.5) is 17.2 Å². The highest BCUT2D eigenvalue weighted by atomic mass is 16.5. The average molecular weight is 388 g/mol. The lowest BCUT2D eigenvalue weighted by molar-refractivity contribution is 0.102. The molecule has 1 aliphatic heterocycles. The first-order valence-corrected chi connectivity index (χ1v) is 9.68. The first kappa shape index (κ1) is 19.0. The van der Waals surface area contributed by atoms with Gasteiger partial charge in [0.1, 0.15) is 5.82 Å². The molecule has 0 unspecified atom stereocenters. The number of nitrogens with zero attached hydrogens (tertiary/aromatic N) is 2. The van der Waals surface area contributed by atoms with Crippen LogP contribution in [-0.4, -0.2) is 37.2 Å². The normalized spacial score (nSPS) is 13.9. The summed E-state index contributed by atoms with van der Waals surface area (Å²) in [5.41, 5.74) is 10.9. The molecule has 148 valence electrons. The number of hydrogen-bond acceptors (Lipinski definition) is 5. The number of nitrogen functional groups attached to an aromatic ring is 1.